The number of nitrogens with one attached hydrogen (secondary N) is 2. The quantitative estimate of drug-likeness (QED) is 0.808. The van der Waals surface area contributed by atoms with Gasteiger partial charge in [-0.05, 0) is 30.9 Å². The minimum absolute atomic E-state index is 0.0583. The third kappa shape index (κ3) is 5.21. The van der Waals surface area contributed by atoms with E-state index in [1.165, 1.54) is 11.1 Å². The minimum Gasteiger partial charge on any atom is -0.381 e. The number of carbonyl (C=O) groups excluding carboxylic acids is 1. The monoisotopic (exact) mass is 354 g/mol. The Balaban J connectivity index is 2.00. The van der Waals surface area contributed by atoms with Crippen LogP contribution in [0.4, 0.5) is 4.79 Å². The molecule has 0 aromatic heterocycles. The van der Waals surface area contributed by atoms with Gasteiger partial charge in [0.1, 0.15) is 9.84 Å². The first-order valence-corrected chi connectivity index (χ1v) is 10.2. The maximum atomic E-state index is 12.0. The highest BCUT2D eigenvalue weighted by Gasteiger charge is 2.35. The Kier molecular flexibility index (Phi) is 6.23. The molecule has 2 rings (SSSR count). The van der Waals surface area contributed by atoms with Crippen LogP contribution in [0.3, 0.4) is 0 Å². The highest BCUT2D eigenvalue weighted by atomic mass is 32.2. The molecule has 1 aliphatic heterocycles. The van der Waals surface area contributed by atoms with E-state index in [-0.39, 0.29) is 23.7 Å². The van der Waals surface area contributed by atoms with Gasteiger partial charge in [-0.25, -0.2) is 13.2 Å². The van der Waals surface area contributed by atoms with E-state index in [1.54, 1.807) is 0 Å². The van der Waals surface area contributed by atoms with Crippen LogP contribution in [0.1, 0.15) is 24.0 Å². The normalized spacial score (nSPS) is 17.2. The first-order valence-electron chi connectivity index (χ1n) is 8.16. The molecular weight excluding hydrogens is 328 g/mol. The van der Waals surface area contributed by atoms with Crippen molar-refractivity contribution < 1.29 is 17.9 Å². The molecule has 7 heteroatoms. The fraction of sp³-hybridized carbons (Fsp3) is 0.588. The summed E-state index contributed by atoms with van der Waals surface area (Å²) in [4.78, 5) is 12.0. The predicted molar refractivity (Wildman–Crippen MR) is 94.0 cm³/mol. The third-order valence-corrected chi connectivity index (χ3v) is 5.46. The van der Waals surface area contributed by atoms with Crippen molar-refractivity contribution in [3.63, 3.8) is 0 Å². The van der Waals surface area contributed by atoms with E-state index in [9.17, 15) is 13.2 Å². The second-order valence-electron chi connectivity index (χ2n) is 6.45. The van der Waals surface area contributed by atoms with Crippen LogP contribution in [-0.2, 0) is 20.0 Å². The van der Waals surface area contributed by atoms with Crippen molar-refractivity contribution in [2.45, 2.75) is 25.2 Å². The molecule has 24 heavy (non-hydrogen) atoms. The van der Waals surface area contributed by atoms with Crippen molar-refractivity contribution in [1.82, 2.24) is 10.6 Å². The van der Waals surface area contributed by atoms with Crippen molar-refractivity contribution in [2.24, 2.45) is 0 Å². The molecule has 2 N–H and O–H groups in total. The number of rotatable bonds is 6. The average molecular weight is 354 g/mol. The van der Waals surface area contributed by atoms with Crippen LogP contribution in [0.5, 0.6) is 0 Å². The van der Waals surface area contributed by atoms with Gasteiger partial charge in [0.2, 0.25) is 0 Å². The van der Waals surface area contributed by atoms with Crippen molar-refractivity contribution >= 4 is 15.9 Å². The summed E-state index contributed by atoms with van der Waals surface area (Å²) in [5.41, 5.74) is 2.31. The zero-order valence-corrected chi connectivity index (χ0v) is 15.1. The Morgan fingerprint density at radius 3 is 2.50 bits per heavy atom. The van der Waals surface area contributed by atoms with Crippen LogP contribution in [0.2, 0.25) is 0 Å². The molecule has 0 aliphatic carbocycles. The van der Waals surface area contributed by atoms with Gasteiger partial charge >= 0.3 is 6.03 Å². The molecular formula is C17H26N2O4S. The first kappa shape index (κ1) is 18.7. The van der Waals surface area contributed by atoms with E-state index in [1.807, 2.05) is 12.1 Å². The van der Waals surface area contributed by atoms with Gasteiger partial charge in [-0.15, -0.1) is 0 Å². The van der Waals surface area contributed by atoms with E-state index in [0.717, 1.165) is 19.1 Å². The molecule has 134 valence electrons. The Labute approximate surface area is 143 Å². The predicted octanol–water partition coefficient (Wildman–Crippen LogP) is 1.39. The molecule has 1 saturated heterocycles. The van der Waals surface area contributed by atoms with Crippen LogP contribution in [0.15, 0.2) is 24.3 Å². The molecule has 0 unspecified atom stereocenters. The van der Waals surface area contributed by atoms with Gasteiger partial charge in [0, 0.05) is 38.0 Å². The van der Waals surface area contributed by atoms with Crippen LogP contribution in [-0.4, -0.2) is 52.8 Å². The van der Waals surface area contributed by atoms with Crippen LogP contribution in [0, 0.1) is 6.92 Å². The van der Waals surface area contributed by atoms with Crippen LogP contribution >= 0.6 is 0 Å². The number of carbonyl (C=O) groups is 1. The Morgan fingerprint density at radius 2 is 1.88 bits per heavy atom. The Morgan fingerprint density at radius 1 is 1.21 bits per heavy atom. The van der Waals surface area contributed by atoms with Gasteiger partial charge in [-0.1, -0.05) is 24.3 Å². The molecule has 1 heterocycles. The van der Waals surface area contributed by atoms with Crippen LogP contribution in [0.25, 0.3) is 0 Å². The summed E-state index contributed by atoms with van der Waals surface area (Å²) in [6, 6.07) is 7.89. The fourth-order valence-electron chi connectivity index (χ4n) is 3.13. The second kappa shape index (κ2) is 7.98. The molecule has 0 radical (unpaired) electrons. The average Bonchev–Trinajstić information content (AvgIpc) is 2.53. The zero-order chi connectivity index (χ0) is 17.6. The Hall–Kier alpha value is -1.60. The van der Waals surface area contributed by atoms with E-state index < -0.39 is 9.84 Å². The lowest BCUT2D eigenvalue weighted by molar-refractivity contribution is 0.0505. The second-order valence-corrected chi connectivity index (χ2v) is 8.71. The lowest BCUT2D eigenvalue weighted by atomic mass is 9.72. The van der Waals surface area contributed by atoms with Crippen molar-refractivity contribution in [2.75, 3.05) is 38.3 Å². The SMILES string of the molecule is Cc1ccccc1C1(CNC(=O)NCCS(C)(=O)=O)CCOCC1. The fourth-order valence-corrected chi connectivity index (χ4v) is 3.61. The number of aryl methyl sites for hydroxylation is 1. The number of hydrogen-bond donors (Lipinski definition) is 2. The van der Waals surface area contributed by atoms with Gasteiger partial charge in [0.15, 0.2) is 0 Å². The topological polar surface area (TPSA) is 84.5 Å². The number of benzene rings is 1. The highest BCUT2D eigenvalue weighted by Crippen LogP contribution is 2.36. The van der Waals surface area contributed by atoms with Gasteiger partial charge in [0.05, 0.1) is 5.75 Å². The standard InChI is InChI=1S/C17H26N2O4S/c1-14-5-3-4-6-15(14)17(7-10-23-11-8-17)13-19-16(20)18-9-12-24(2,21)22/h3-6H,7-13H2,1-2H3,(H2,18,19,20). The molecule has 2 amide bonds. The van der Waals surface area contributed by atoms with Gasteiger partial charge in [-0.3, -0.25) is 0 Å². The number of amides is 2. The van der Waals surface area contributed by atoms with E-state index in [4.69, 9.17) is 4.74 Å². The molecule has 1 aromatic rings. The van der Waals surface area contributed by atoms with E-state index in [2.05, 4.69) is 29.7 Å². The molecule has 1 fully saturated rings. The minimum atomic E-state index is -3.07. The molecule has 0 saturated carbocycles. The third-order valence-electron chi connectivity index (χ3n) is 4.51. The Bertz CT molecular complexity index is 667. The summed E-state index contributed by atoms with van der Waals surface area (Å²) < 4.78 is 27.7. The number of urea groups is 1. The number of hydrogen-bond acceptors (Lipinski definition) is 4. The molecule has 6 nitrogen and oxygen atoms in total. The maximum Gasteiger partial charge on any atom is 0.314 e. The summed E-state index contributed by atoms with van der Waals surface area (Å²) in [7, 11) is -3.07. The van der Waals surface area contributed by atoms with Crippen LogP contribution < -0.4 is 10.6 Å². The van der Waals surface area contributed by atoms with Crippen molar-refractivity contribution in [3.8, 4) is 0 Å². The smallest absolute Gasteiger partial charge is 0.314 e. The summed E-state index contributed by atoms with van der Waals surface area (Å²) in [5, 5.41) is 5.51. The van der Waals surface area contributed by atoms with E-state index in [0.29, 0.717) is 19.8 Å². The van der Waals surface area contributed by atoms with E-state index >= 15 is 0 Å². The van der Waals surface area contributed by atoms with Gasteiger partial charge in [0.25, 0.3) is 0 Å². The van der Waals surface area contributed by atoms with Gasteiger partial charge < -0.3 is 15.4 Å². The number of ether oxygens (including phenoxy) is 1. The van der Waals surface area contributed by atoms with Gasteiger partial charge in [-0.2, -0.15) is 0 Å². The summed E-state index contributed by atoms with van der Waals surface area (Å²) in [6.45, 7) is 4.05. The highest BCUT2D eigenvalue weighted by molar-refractivity contribution is 7.90. The first-order chi connectivity index (χ1) is 11.3. The molecule has 0 atom stereocenters. The molecule has 0 bridgehead atoms. The van der Waals surface area contributed by atoms with Crippen molar-refractivity contribution in [1.29, 1.82) is 0 Å². The molecule has 1 aromatic carbocycles. The lowest BCUT2D eigenvalue weighted by Crippen LogP contribution is -2.48. The number of sulfone groups is 1. The lowest BCUT2D eigenvalue weighted by Gasteiger charge is -2.39. The largest absolute Gasteiger partial charge is 0.381 e. The summed E-state index contributed by atoms with van der Waals surface area (Å²) in [6.07, 6.45) is 2.85. The summed E-state index contributed by atoms with van der Waals surface area (Å²) >= 11 is 0. The molecule has 1 aliphatic rings. The van der Waals surface area contributed by atoms with Crippen molar-refractivity contribution in [3.05, 3.63) is 35.4 Å². The zero-order valence-electron chi connectivity index (χ0n) is 14.3. The summed E-state index contributed by atoms with van der Waals surface area (Å²) in [5.74, 6) is -0.0583. The maximum absolute atomic E-state index is 12.0. The molecule has 0 spiro atoms.